The van der Waals surface area contributed by atoms with Crippen molar-refractivity contribution in [3.05, 3.63) is 29.8 Å². The molecule has 3 heteroatoms. The maximum atomic E-state index is 8.76. The first-order valence-corrected chi connectivity index (χ1v) is 6.09. The highest BCUT2D eigenvalue weighted by molar-refractivity contribution is 5.49. The third kappa shape index (κ3) is 2.98. The highest BCUT2D eigenvalue weighted by atomic mass is 15.1. The SMILES string of the molecule is CN1CCC(CN(C)c2ccc(C#N)cc2)C1. The first-order valence-electron chi connectivity index (χ1n) is 6.09. The van der Waals surface area contributed by atoms with Gasteiger partial charge in [0.05, 0.1) is 11.6 Å². The molecule has 0 aliphatic carbocycles. The van der Waals surface area contributed by atoms with Crippen LogP contribution in [0.1, 0.15) is 12.0 Å². The van der Waals surface area contributed by atoms with Gasteiger partial charge in [-0.2, -0.15) is 5.26 Å². The Morgan fingerprint density at radius 2 is 2.12 bits per heavy atom. The fourth-order valence-electron chi connectivity index (χ4n) is 2.46. The molecule has 0 N–H and O–H groups in total. The van der Waals surface area contributed by atoms with Crippen LogP contribution in [-0.4, -0.2) is 38.6 Å². The number of rotatable bonds is 3. The Hall–Kier alpha value is -1.53. The van der Waals surface area contributed by atoms with Crippen molar-refractivity contribution >= 4 is 5.69 Å². The lowest BCUT2D eigenvalue weighted by molar-refractivity contribution is 0.396. The summed E-state index contributed by atoms with van der Waals surface area (Å²) in [7, 11) is 4.31. The van der Waals surface area contributed by atoms with Crippen molar-refractivity contribution in [2.75, 3.05) is 38.6 Å². The number of hydrogen-bond acceptors (Lipinski definition) is 3. The molecule has 1 heterocycles. The maximum Gasteiger partial charge on any atom is 0.0991 e. The fraction of sp³-hybridized carbons (Fsp3) is 0.500. The van der Waals surface area contributed by atoms with Crippen molar-refractivity contribution in [1.29, 1.82) is 5.26 Å². The number of likely N-dealkylation sites (tertiary alicyclic amines) is 1. The lowest BCUT2D eigenvalue weighted by atomic mass is 10.1. The van der Waals surface area contributed by atoms with Gasteiger partial charge in [0, 0.05) is 25.8 Å². The second-order valence-electron chi connectivity index (χ2n) is 4.96. The minimum Gasteiger partial charge on any atom is -0.374 e. The zero-order valence-electron chi connectivity index (χ0n) is 10.6. The number of nitrogens with zero attached hydrogens (tertiary/aromatic N) is 3. The Labute approximate surface area is 103 Å². The molecule has 0 amide bonds. The van der Waals surface area contributed by atoms with E-state index in [1.165, 1.54) is 25.2 Å². The van der Waals surface area contributed by atoms with Gasteiger partial charge in [0.1, 0.15) is 0 Å². The minimum atomic E-state index is 0.725. The summed E-state index contributed by atoms with van der Waals surface area (Å²) in [5.41, 5.74) is 1.92. The normalized spacial score (nSPS) is 20.2. The maximum absolute atomic E-state index is 8.76. The van der Waals surface area contributed by atoms with Crippen LogP contribution in [-0.2, 0) is 0 Å². The Morgan fingerprint density at radius 1 is 1.41 bits per heavy atom. The Balaban J connectivity index is 1.95. The lowest BCUT2D eigenvalue weighted by Crippen LogP contribution is -2.27. The Bertz CT molecular complexity index is 404. The molecule has 0 saturated carbocycles. The summed E-state index contributed by atoms with van der Waals surface area (Å²) in [6.45, 7) is 3.50. The first-order chi connectivity index (χ1) is 8.19. The quantitative estimate of drug-likeness (QED) is 0.793. The average Bonchev–Trinajstić information content (AvgIpc) is 2.75. The number of hydrogen-bond donors (Lipinski definition) is 0. The van der Waals surface area contributed by atoms with E-state index in [-0.39, 0.29) is 0 Å². The predicted molar refractivity (Wildman–Crippen MR) is 70.0 cm³/mol. The van der Waals surface area contributed by atoms with E-state index >= 15 is 0 Å². The van der Waals surface area contributed by atoms with E-state index in [9.17, 15) is 0 Å². The molecular formula is C14H19N3. The van der Waals surface area contributed by atoms with Crippen LogP contribution >= 0.6 is 0 Å². The van der Waals surface area contributed by atoms with E-state index in [0.717, 1.165) is 18.0 Å². The molecule has 17 heavy (non-hydrogen) atoms. The van der Waals surface area contributed by atoms with Gasteiger partial charge in [0.2, 0.25) is 0 Å². The second kappa shape index (κ2) is 5.20. The van der Waals surface area contributed by atoms with E-state index in [4.69, 9.17) is 5.26 Å². The Kier molecular flexibility index (Phi) is 3.65. The van der Waals surface area contributed by atoms with Crippen molar-refractivity contribution in [3.8, 4) is 6.07 Å². The molecule has 0 aromatic heterocycles. The monoisotopic (exact) mass is 229 g/mol. The summed E-state index contributed by atoms with van der Waals surface area (Å²) in [4.78, 5) is 4.67. The van der Waals surface area contributed by atoms with Crippen LogP contribution in [0.4, 0.5) is 5.69 Å². The summed E-state index contributed by atoms with van der Waals surface area (Å²) in [6.07, 6.45) is 1.29. The molecule has 0 bridgehead atoms. The molecule has 1 atom stereocenters. The zero-order valence-corrected chi connectivity index (χ0v) is 10.6. The fourth-order valence-corrected chi connectivity index (χ4v) is 2.46. The van der Waals surface area contributed by atoms with Crippen molar-refractivity contribution in [2.24, 2.45) is 5.92 Å². The van der Waals surface area contributed by atoms with Gasteiger partial charge in [0.25, 0.3) is 0 Å². The molecule has 2 rings (SSSR count). The van der Waals surface area contributed by atoms with Crippen molar-refractivity contribution in [1.82, 2.24) is 4.90 Å². The van der Waals surface area contributed by atoms with E-state index in [1.807, 2.05) is 24.3 Å². The summed E-state index contributed by atoms with van der Waals surface area (Å²) in [5.74, 6) is 0.764. The van der Waals surface area contributed by atoms with Gasteiger partial charge in [-0.3, -0.25) is 0 Å². The molecule has 1 fully saturated rings. The van der Waals surface area contributed by atoms with Crippen LogP contribution in [0, 0.1) is 17.2 Å². The molecule has 1 aliphatic heterocycles. The van der Waals surface area contributed by atoms with Crippen molar-refractivity contribution in [3.63, 3.8) is 0 Å². The summed E-state index contributed by atoms with van der Waals surface area (Å²) < 4.78 is 0. The largest absolute Gasteiger partial charge is 0.374 e. The van der Waals surface area contributed by atoms with Crippen LogP contribution in [0.25, 0.3) is 0 Å². The van der Waals surface area contributed by atoms with Crippen LogP contribution < -0.4 is 4.90 Å². The van der Waals surface area contributed by atoms with Gasteiger partial charge in [-0.05, 0) is 50.2 Å². The van der Waals surface area contributed by atoms with E-state index in [2.05, 4.69) is 30.0 Å². The van der Waals surface area contributed by atoms with Gasteiger partial charge >= 0.3 is 0 Å². The van der Waals surface area contributed by atoms with Gasteiger partial charge in [0.15, 0.2) is 0 Å². The van der Waals surface area contributed by atoms with Gasteiger partial charge in [-0.1, -0.05) is 0 Å². The van der Waals surface area contributed by atoms with Gasteiger partial charge in [-0.15, -0.1) is 0 Å². The molecule has 0 radical (unpaired) electrons. The average molecular weight is 229 g/mol. The second-order valence-corrected chi connectivity index (χ2v) is 4.96. The van der Waals surface area contributed by atoms with Crippen molar-refractivity contribution in [2.45, 2.75) is 6.42 Å². The standard InChI is InChI=1S/C14H19N3/c1-16-8-7-13(10-16)11-17(2)14-5-3-12(9-15)4-6-14/h3-6,13H,7-8,10-11H2,1-2H3. The molecule has 1 unspecified atom stereocenters. The van der Waals surface area contributed by atoms with Gasteiger partial charge < -0.3 is 9.80 Å². The van der Waals surface area contributed by atoms with Crippen molar-refractivity contribution < 1.29 is 0 Å². The molecule has 0 spiro atoms. The third-order valence-electron chi connectivity index (χ3n) is 3.46. The minimum absolute atomic E-state index is 0.725. The zero-order chi connectivity index (χ0) is 12.3. The number of benzene rings is 1. The van der Waals surface area contributed by atoms with Crippen LogP contribution in [0.2, 0.25) is 0 Å². The molecule has 3 nitrogen and oxygen atoms in total. The predicted octanol–water partition coefficient (Wildman–Crippen LogP) is 1.95. The topological polar surface area (TPSA) is 30.3 Å². The van der Waals surface area contributed by atoms with E-state index in [0.29, 0.717) is 0 Å². The van der Waals surface area contributed by atoms with Crippen LogP contribution in [0.3, 0.4) is 0 Å². The highest BCUT2D eigenvalue weighted by Gasteiger charge is 2.20. The summed E-state index contributed by atoms with van der Waals surface area (Å²) >= 11 is 0. The third-order valence-corrected chi connectivity index (χ3v) is 3.46. The van der Waals surface area contributed by atoms with Gasteiger partial charge in [-0.25, -0.2) is 0 Å². The first kappa shape index (κ1) is 11.9. The lowest BCUT2D eigenvalue weighted by Gasteiger charge is -2.23. The van der Waals surface area contributed by atoms with Crippen LogP contribution in [0.15, 0.2) is 24.3 Å². The summed E-state index contributed by atoms with van der Waals surface area (Å²) in [6, 6.07) is 9.96. The summed E-state index contributed by atoms with van der Waals surface area (Å²) in [5, 5.41) is 8.76. The molecule has 1 aliphatic rings. The molecule has 1 saturated heterocycles. The smallest absolute Gasteiger partial charge is 0.0991 e. The molecule has 90 valence electrons. The molecule has 1 aromatic rings. The van der Waals surface area contributed by atoms with E-state index < -0.39 is 0 Å². The molecular weight excluding hydrogens is 210 g/mol. The van der Waals surface area contributed by atoms with E-state index in [1.54, 1.807) is 0 Å². The highest BCUT2D eigenvalue weighted by Crippen LogP contribution is 2.19. The number of nitriles is 1. The Morgan fingerprint density at radius 3 is 2.65 bits per heavy atom. The number of anilines is 1. The molecule has 1 aromatic carbocycles. The van der Waals surface area contributed by atoms with Crippen LogP contribution in [0.5, 0.6) is 0 Å².